The zero-order valence-corrected chi connectivity index (χ0v) is 16.5. The molecule has 1 aliphatic heterocycles. The van der Waals surface area contributed by atoms with Gasteiger partial charge in [-0.2, -0.15) is 4.98 Å². The number of anilines is 1. The smallest absolute Gasteiger partial charge is 0.226 e. The Labute approximate surface area is 167 Å². The molecule has 4 rings (SSSR count). The van der Waals surface area contributed by atoms with Crippen molar-refractivity contribution in [2.45, 2.75) is 38.6 Å². The maximum atomic E-state index is 12.1. The molecule has 1 saturated heterocycles. The predicted octanol–water partition coefficient (Wildman–Crippen LogP) is 3.43. The van der Waals surface area contributed by atoms with Crippen molar-refractivity contribution in [3.8, 4) is 10.7 Å². The third-order valence-electron chi connectivity index (χ3n) is 4.73. The fourth-order valence-electron chi connectivity index (χ4n) is 3.21. The lowest BCUT2D eigenvalue weighted by Gasteiger charge is -2.16. The lowest BCUT2D eigenvalue weighted by molar-refractivity contribution is -0.121. The van der Waals surface area contributed by atoms with Crippen LogP contribution in [0.4, 0.5) is 5.82 Å². The number of rotatable bonds is 8. The Morgan fingerprint density at radius 2 is 2.14 bits per heavy atom. The van der Waals surface area contributed by atoms with E-state index in [1.165, 1.54) is 12.8 Å². The van der Waals surface area contributed by atoms with Gasteiger partial charge in [-0.3, -0.25) is 4.79 Å². The van der Waals surface area contributed by atoms with Crippen LogP contribution in [0.1, 0.15) is 37.1 Å². The minimum absolute atomic E-state index is 0.0154. The number of carbonyl (C=O) groups is 1. The van der Waals surface area contributed by atoms with Crippen molar-refractivity contribution < 1.29 is 9.32 Å². The van der Waals surface area contributed by atoms with Gasteiger partial charge in [-0.25, -0.2) is 4.98 Å². The summed E-state index contributed by atoms with van der Waals surface area (Å²) >= 11 is 1.57. The van der Waals surface area contributed by atoms with E-state index in [4.69, 9.17) is 4.52 Å². The summed E-state index contributed by atoms with van der Waals surface area (Å²) in [5.41, 5.74) is 1.01. The molecule has 28 heavy (non-hydrogen) atoms. The molecule has 1 fully saturated rings. The Hall–Kier alpha value is -2.74. The highest BCUT2D eigenvalue weighted by atomic mass is 32.1. The molecule has 4 heterocycles. The van der Waals surface area contributed by atoms with E-state index >= 15 is 0 Å². The first-order valence-electron chi connectivity index (χ1n) is 9.61. The van der Waals surface area contributed by atoms with E-state index < -0.39 is 0 Å². The molecular formula is C20H23N5O2S. The van der Waals surface area contributed by atoms with E-state index in [0.29, 0.717) is 37.5 Å². The SMILES string of the molecule is O=C(CCCc1nc(-c2cccs2)no1)NCc1ccc(N2CCCC2)nc1. The molecule has 146 valence electrons. The van der Waals surface area contributed by atoms with Gasteiger partial charge in [-0.15, -0.1) is 11.3 Å². The average molecular weight is 398 g/mol. The number of nitrogens with zero attached hydrogens (tertiary/aromatic N) is 4. The van der Waals surface area contributed by atoms with Crippen molar-refractivity contribution >= 4 is 23.1 Å². The molecule has 3 aromatic heterocycles. The maximum Gasteiger partial charge on any atom is 0.226 e. The molecule has 0 aliphatic carbocycles. The number of aromatic nitrogens is 3. The van der Waals surface area contributed by atoms with E-state index in [9.17, 15) is 4.79 Å². The summed E-state index contributed by atoms with van der Waals surface area (Å²) in [7, 11) is 0. The van der Waals surface area contributed by atoms with E-state index in [1.54, 1.807) is 11.3 Å². The van der Waals surface area contributed by atoms with E-state index in [0.717, 1.165) is 29.3 Å². The Morgan fingerprint density at radius 1 is 1.25 bits per heavy atom. The van der Waals surface area contributed by atoms with E-state index in [-0.39, 0.29) is 5.91 Å². The summed E-state index contributed by atoms with van der Waals surface area (Å²) in [5.74, 6) is 2.22. The van der Waals surface area contributed by atoms with Crippen LogP contribution in [0.5, 0.6) is 0 Å². The Bertz CT molecular complexity index is 886. The van der Waals surface area contributed by atoms with Gasteiger partial charge >= 0.3 is 0 Å². The average Bonchev–Trinajstić information content (AvgIpc) is 3.49. The number of pyridine rings is 1. The van der Waals surface area contributed by atoms with Gasteiger partial charge in [0.25, 0.3) is 0 Å². The summed E-state index contributed by atoms with van der Waals surface area (Å²) in [5, 5.41) is 8.90. The van der Waals surface area contributed by atoms with Crippen LogP contribution in [0.15, 0.2) is 40.4 Å². The number of hydrogen-bond acceptors (Lipinski definition) is 7. The molecular weight excluding hydrogens is 374 g/mol. The topological polar surface area (TPSA) is 84.1 Å². The van der Waals surface area contributed by atoms with Gasteiger partial charge in [-0.05, 0) is 42.3 Å². The molecule has 3 aromatic rings. The summed E-state index contributed by atoms with van der Waals surface area (Å²) in [4.78, 5) is 24.2. The number of amides is 1. The van der Waals surface area contributed by atoms with Crippen molar-refractivity contribution in [2.75, 3.05) is 18.0 Å². The largest absolute Gasteiger partial charge is 0.357 e. The normalized spacial score (nSPS) is 13.8. The number of hydrogen-bond donors (Lipinski definition) is 1. The second-order valence-electron chi connectivity index (χ2n) is 6.84. The second-order valence-corrected chi connectivity index (χ2v) is 7.79. The van der Waals surface area contributed by atoms with Gasteiger partial charge in [0.05, 0.1) is 4.88 Å². The highest BCUT2D eigenvalue weighted by molar-refractivity contribution is 7.13. The van der Waals surface area contributed by atoms with Gasteiger partial charge in [0, 0.05) is 38.7 Å². The Kier molecular flexibility index (Phi) is 5.96. The van der Waals surface area contributed by atoms with Crippen LogP contribution >= 0.6 is 11.3 Å². The van der Waals surface area contributed by atoms with Crippen molar-refractivity contribution in [1.29, 1.82) is 0 Å². The number of carbonyl (C=O) groups excluding carboxylic acids is 1. The van der Waals surface area contributed by atoms with Crippen LogP contribution in [-0.4, -0.2) is 34.1 Å². The molecule has 0 atom stereocenters. The van der Waals surface area contributed by atoms with E-state index in [2.05, 4.69) is 25.3 Å². The highest BCUT2D eigenvalue weighted by Gasteiger charge is 2.13. The van der Waals surface area contributed by atoms with Crippen LogP contribution in [0, 0.1) is 0 Å². The van der Waals surface area contributed by atoms with Gasteiger partial charge in [0.15, 0.2) is 0 Å². The van der Waals surface area contributed by atoms with Gasteiger partial charge in [0.1, 0.15) is 5.82 Å². The third kappa shape index (κ3) is 4.75. The zero-order valence-electron chi connectivity index (χ0n) is 15.6. The van der Waals surface area contributed by atoms with Gasteiger partial charge in [-0.1, -0.05) is 17.3 Å². The van der Waals surface area contributed by atoms with Gasteiger partial charge < -0.3 is 14.7 Å². The van der Waals surface area contributed by atoms with Crippen molar-refractivity contribution in [3.05, 3.63) is 47.3 Å². The minimum atomic E-state index is 0.0154. The summed E-state index contributed by atoms with van der Waals surface area (Å²) in [6, 6.07) is 7.98. The summed E-state index contributed by atoms with van der Waals surface area (Å²) in [6.07, 6.45) is 6.01. The number of nitrogens with one attached hydrogen (secondary N) is 1. The van der Waals surface area contributed by atoms with Crippen LogP contribution in [0.25, 0.3) is 10.7 Å². The zero-order chi connectivity index (χ0) is 19.2. The first kappa shape index (κ1) is 18.6. The quantitative estimate of drug-likeness (QED) is 0.627. The van der Waals surface area contributed by atoms with Gasteiger partial charge in [0.2, 0.25) is 17.6 Å². The number of aryl methyl sites for hydroxylation is 1. The highest BCUT2D eigenvalue weighted by Crippen LogP contribution is 2.21. The lowest BCUT2D eigenvalue weighted by atomic mass is 10.2. The molecule has 0 unspecified atom stereocenters. The molecule has 8 heteroatoms. The predicted molar refractivity (Wildman–Crippen MR) is 108 cm³/mol. The minimum Gasteiger partial charge on any atom is -0.357 e. The summed E-state index contributed by atoms with van der Waals surface area (Å²) < 4.78 is 5.25. The fourth-order valence-corrected chi connectivity index (χ4v) is 3.86. The molecule has 0 bridgehead atoms. The van der Waals surface area contributed by atoms with Crippen molar-refractivity contribution in [2.24, 2.45) is 0 Å². The summed E-state index contributed by atoms with van der Waals surface area (Å²) in [6.45, 7) is 2.66. The molecule has 7 nitrogen and oxygen atoms in total. The molecule has 0 spiro atoms. The van der Waals surface area contributed by atoms with E-state index in [1.807, 2.05) is 35.8 Å². The molecule has 0 aromatic carbocycles. The first-order chi connectivity index (χ1) is 13.8. The van der Waals surface area contributed by atoms with Crippen LogP contribution in [0.3, 0.4) is 0 Å². The fraction of sp³-hybridized carbons (Fsp3) is 0.400. The molecule has 0 saturated carbocycles. The van der Waals surface area contributed by atoms with Crippen LogP contribution < -0.4 is 10.2 Å². The molecule has 1 aliphatic rings. The standard InChI is InChI=1S/C20H23N5O2S/c26-18(6-3-7-19-23-20(24-27-19)16-5-4-12-28-16)22-14-15-8-9-17(21-13-15)25-10-1-2-11-25/h4-5,8-9,12-13H,1-3,6-7,10-11,14H2,(H,22,26). The Balaban J connectivity index is 1.18. The molecule has 0 radical (unpaired) electrons. The third-order valence-corrected chi connectivity index (χ3v) is 5.60. The second kappa shape index (κ2) is 8.97. The monoisotopic (exact) mass is 397 g/mol. The number of thiophene rings is 1. The van der Waals surface area contributed by atoms with Crippen molar-refractivity contribution in [1.82, 2.24) is 20.4 Å². The van der Waals surface area contributed by atoms with Crippen LogP contribution in [-0.2, 0) is 17.8 Å². The van der Waals surface area contributed by atoms with Crippen molar-refractivity contribution in [3.63, 3.8) is 0 Å². The Morgan fingerprint density at radius 3 is 2.89 bits per heavy atom. The maximum absolute atomic E-state index is 12.1. The first-order valence-corrected chi connectivity index (χ1v) is 10.5. The molecule has 1 N–H and O–H groups in total. The lowest BCUT2D eigenvalue weighted by Crippen LogP contribution is -2.23. The molecule has 1 amide bonds. The van der Waals surface area contributed by atoms with Crippen LogP contribution in [0.2, 0.25) is 0 Å².